The van der Waals surface area contributed by atoms with Crippen molar-refractivity contribution in [2.24, 2.45) is 24.8 Å². The number of halogens is 1. The number of esters is 1. The number of hydrogen-bond acceptors (Lipinski definition) is 10. The number of thioether (sulfide) groups is 1. The number of aliphatic hydroxyl groups is 1. The molecule has 2 aromatic rings. The van der Waals surface area contributed by atoms with Crippen LogP contribution in [0.15, 0.2) is 48.7 Å². The third-order valence-electron chi connectivity index (χ3n) is 7.76. The van der Waals surface area contributed by atoms with Gasteiger partial charge in [0.05, 0.1) is 29.8 Å². The second kappa shape index (κ2) is 22.7. The van der Waals surface area contributed by atoms with E-state index in [9.17, 15) is 29.1 Å². The van der Waals surface area contributed by atoms with E-state index in [0.29, 0.717) is 35.1 Å². The van der Waals surface area contributed by atoms with Gasteiger partial charge < -0.3 is 30.5 Å². The van der Waals surface area contributed by atoms with E-state index >= 15 is 0 Å². The summed E-state index contributed by atoms with van der Waals surface area (Å²) < 4.78 is 12.5. The smallest absolute Gasteiger partial charge is 0.311 e. The van der Waals surface area contributed by atoms with E-state index in [1.165, 1.54) is 26.2 Å². The number of hydrogen-bond donors (Lipinski definition) is 4. The van der Waals surface area contributed by atoms with E-state index in [1.54, 1.807) is 29.8 Å². The van der Waals surface area contributed by atoms with Crippen molar-refractivity contribution in [1.29, 1.82) is 0 Å². The lowest BCUT2D eigenvalue weighted by Gasteiger charge is -2.22. The molecular formula is C37H52ClN5O8S. The van der Waals surface area contributed by atoms with E-state index in [0.717, 1.165) is 17.5 Å². The van der Waals surface area contributed by atoms with Crippen LogP contribution in [-0.2, 0) is 42.2 Å². The van der Waals surface area contributed by atoms with Crippen molar-refractivity contribution >= 4 is 58.2 Å². The Bertz CT molecular complexity index is 1560. The van der Waals surface area contributed by atoms with Gasteiger partial charge in [0.25, 0.3) is 0 Å². The van der Waals surface area contributed by atoms with E-state index in [4.69, 9.17) is 21.1 Å². The SMILES string of the molecule is COc1ccc(C[C@@H](NC(=O)/C=C/C[C@H](O)[C@H](C)/C=C/c2ccn(C)n2)C(=O)NC[C@@H](C)C(=O)O[C@@H](CC(C)C)C(=O)SCCNC(C)=O)cc1Cl. The fraction of sp³-hybridized carbons (Fsp3) is 0.514. The number of ether oxygens (including phenoxy) is 2. The number of rotatable bonds is 21. The number of aryl methyl sites for hydroxylation is 1. The van der Waals surface area contributed by atoms with Gasteiger partial charge in [-0.3, -0.25) is 28.7 Å². The summed E-state index contributed by atoms with van der Waals surface area (Å²) in [5.41, 5.74) is 1.42. The van der Waals surface area contributed by atoms with Gasteiger partial charge in [-0.25, -0.2) is 0 Å². The normalized spacial score (nSPS) is 14.4. The molecule has 52 heavy (non-hydrogen) atoms. The summed E-state index contributed by atoms with van der Waals surface area (Å²) >= 11 is 7.29. The average molecular weight is 762 g/mol. The number of carbonyl (C=O) groups is 5. The molecule has 0 bridgehead atoms. The fourth-order valence-corrected chi connectivity index (χ4v) is 5.76. The van der Waals surface area contributed by atoms with Crippen LogP contribution in [-0.4, -0.2) is 87.9 Å². The van der Waals surface area contributed by atoms with Gasteiger partial charge in [-0.1, -0.05) is 69.3 Å². The van der Waals surface area contributed by atoms with Crippen molar-refractivity contribution in [3.63, 3.8) is 0 Å². The number of nitrogens with one attached hydrogen (secondary N) is 3. The quantitative estimate of drug-likeness (QED) is 0.0830. The maximum atomic E-state index is 13.4. The lowest BCUT2D eigenvalue weighted by Crippen LogP contribution is -2.49. The molecule has 0 radical (unpaired) electrons. The van der Waals surface area contributed by atoms with E-state index in [1.807, 2.05) is 52.2 Å². The molecule has 1 aromatic heterocycles. The van der Waals surface area contributed by atoms with Crippen molar-refractivity contribution in [3.05, 3.63) is 65.0 Å². The van der Waals surface area contributed by atoms with Gasteiger partial charge in [0.1, 0.15) is 11.8 Å². The third-order valence-corrected chi connectivity index (χ3v) is 9.01. The molecule has 0 saturated carbocycles. The molecule has 286 valence electrons. The lowest BCUT2D eigenvalue weighted by molar-refractivity contribution is -0.157. The minimum atomic E-state index is -1.05. The maximum absolute atomic E-state index is 13.4. The maximum Gasteiger partial charge on any atom is 0.311 e. The Labute approximate surface area is 315 Å². The highest BCUT2D eigenvalue weighted by molar-refractivity contribution is 8.13. The monoisotopic (exact) mass is 761 g/mol. The van der Waals surface area contributed by atoms with Crippen molar-refractivity contribution in [1.82, 2.24) is 25.7 Å². The predicted molar refractivity (Wildman–Crippen MR) is 202 cm³/mol. The zero-order chi connectivity index (χ0) is 38.8. The summed E-state index contributed by atoms with van der Waals surface area (Å²) in [7, 11) is 3.30. The van der Waals surface area contributed by atoms with E-state index < -0.39 is 42.0 Å². The summed E-state index contributed by atoms with van der Waals surface area (Å²) in [6.07, 6.45) is 7.13. The first-order valence-corrected chi connectivity index (χ1v) is 18.5. The van der Waals surface area contributed by atoms with Gasteiger partial charge in [-0.05, 0) is 54.7 Å². The molecule has 0 fully saturated rings. The minimum Gasteiger partial charge on any atom is -0.495 e. The highest BCUT2D eigenvalue weighted by Crippen LogP contribution is 2.25. The largest absolute Gasteiger partial charge is 0.495 e. The molecule has 0 saturated heterocycles. The van der Waals surface area contributed by atoms with Gasteiger partial charge in [-0.2, -0.15) is 5.10 Å². The molecule has 1 heterocycles. The van der Waals surface area contributed by atoms with Crippen LogP contribution >= 0.6 is 23.4 Å². The van der Waals surface area contributed by atoms with Crippen LogP contribution in [0.4, 0.5) is 0 Å². The molecular weight excluding hydrogens is 710 g/mol. The first kappa shape index (κ1) is 44.0. The second-order valence-electron chi connectivity index (χ2n) is 12.9. The van der Waals surface area contributed by atoms with Crippen LogP contribution in [0, 0.1) is 17.8 Å². The third kappa shape index (κ3) is 16.5. The topological polar surface area (TPSA) is 178 Å². The summed E-state index contributed by atoms with van der Waals surface area (Å²) in [6.45, 7) is 8.82. The van der Waals surface area contributed by atoms with E-state index in [2.05, 4.69) is 21.0 Å². The van der Waals surface area contributed by atoms with Gasteiger partial charge >= 0.3 is 5.97 Å². The molecule has 4 N–H and O–H groups in total. The average Bonchev–Trinajstić information content (AvgIpc) is 3.51. The summed E-state index contributed by atoms with van der Waals surface area (Å²) in [4.78, 5) is 63.4. The molecule has 0 aliphatic heterocycles. The molecule has 0 spiro atoms. The summed E-state index contributed by atoms with van der Waals surface area (Å²) in [5.74, 6) is -2.13. The molecule has 3 amide bonds. The van der Waals surface area contributed by atoms with Crippen molar-refractivity contribution in [3.8, 4) is 5.75 Å². The Kier molecular flexibility index (Phi) is 19.2. The standard InChI is InChI=1S/C37H52ClN5O8S/c1-23(2)19-33(37(49)52-18-16-39-26(5)44)51-36(48)25(4)22-40-35(47)30(21-27-12-14-32(50-7)29(38)20-27)41-34(46)10-8-9-31(45)24(3)11-13-28-15-17-43(6)42-28/h8,10-15,17,20,23-25,30-31,33,45H,9,16,18-19,21-22H2,1-7H3,(H,39,44)(H,40,47)(H,41,46)/b10-8+,13-11+/t24-,25-,30-,31+,33+/m1/s1. The number of benzene rings is 1. The Morgan fingerprint density at radius 3 is 2.44 bits per heavy atom. The van der Waals surface area contributed by atoms with Crippen molar-refractivity contribution in [2.45, 2.75) is 72.1 Å². The fourth-order valence-electron chi connectivity index (χ4n) is 4.74. The highest BCUT2D eigenvalue weighted by atomic mass is 35.5. The lowest BCUT2D eigenvalue weighted by atomic mass is 10.0. The number of nitrogens with zero attached hydrogens (tertiary/aromatic N) is 2. The molecule has 13 nitrogen and oxygen atoms in total. The molecule has 0 aliphatic rings. The molecule has 0 aliphatic carbocycles. The number of aliphatic hydroxyl groups excluding tert-OH is 1. The summed E-state index contributed by atoms with van der Waals surface area (Å²) in [5, 5.41) is 22.9. The number of aromatic nitrogens is 2. The van der Waals surface area contributed by atoms with Gasteiger partial charge in [0.2, 0.25) is 22.8 Å². The van der Waals surface area contributed by atoms with Crippen LogP contribution in [0.1, 0.15) is 58.7 Å². The van der Waals surface area contributed by atoms with Crippen LogP contribution in [0.2, 0.25) is 5.02 Å². The first-order valence-electron chi connectivity index (χ1n) is 17.1. The highest BCUT2D eigenvalue weighted by Gasteiger charge is 2.28. The number of methoxy groups -OCH3 is 1. The predicted octanol–water partition coefficient (Wildman–Crippen LogP) is 3.87. The first-order chi connectivity index (χ1) is 24.6. The Morgan fingerprint density at radius 1 is 1.10 bits per heavy atom. The van der Waals surface area contributed by atoms with E-state index in [-0.39, 0.29) is 42.2 Å². The molecule has 2 rings (SSSR count). The van der Waals surface area contributed by atoms with Gasteiger partial charge in [0, 0.05) is 51.3 Å². The summed E-state index contributed by atoms with van der Waals surface area (Å²) in [6, 6.07) is 5.82. The zero-order valence-corrected chi connectivity index (χ0v) is 32.5. The van der Waals surface area contributed by atoms with Gasteiger partial charge in [-0.15, -0.1) is 0 Å². The second-order valence-corrected chi connectivity index (χ2v) is 14.4. The Morgan fingerprint density at radius 2 is 1.83 bits per heavy atom. The molecule has 0 unspecified atom stereocenters. The van der Waals surface area contributed by atoms with Crippen LogP contribution in [0.3, 0.4) is 0 Å². The van der Waals surface area contributed by atoms with Gasteiger partial charge in [0.15, 0.2) is 6.10 Å². The van der Waals surface area contributed by atoms with Crippen LogP contribution < -0.4 is 20.7 Å². The van der Waals surface area contributed by atoms with Crippen molar-refractivity contribution < 1.29 is 38.6 Å². The zero-order valence-electron chi connectivity index (χ0n) is 30.9. The molecule has 1 aromatic carbocycles. The van der Waals surface area contributed by atoms with Crippen LogP contribution in [0.5, 0.6) is 5.75 Å². The van der Waals surface area contributed by atoms with Crippen LogP contribution in [0.25, 0.3) is 6.08 Å². The van der Waals surface area contributed by atoms with Crippen molar-refractivity contribution in [2.75, 3.05) is 26.0 Å². The Balaban J connectivity index is 2.05. The minimum absolute atomic E-state index is 0.0678. The number of carbonyl (C=O) groups excluding carboxylic acids is 5. The molecule has 5 atom stereocenters. The molecule has 15 heteroatoms. The Hall–Kier alpha value is -4.14. The number of amides is 3.